The second-order valence-corrected chi connectivity index (χ2v) is 5.48. The highest BCUT2D eigenvalue weighted by molar-refractivity contribution is 9.10. The van der Waals surface area contributed by atoms with E-state index >= 15 is 0 Å². The first kappa shape index (κ1) is 11.9. The maximum Gasteiger partial charge on any atom is 0.0942 e. The molecule has 1 aliphatic heterocycles. The van der Waals surface area contributed by atoms with Gasteiger partial charge in [-0.15, -0.1) is 0 Å². The maximum absolute atomic E-state index is 4.68. The number of nitrogens with zero attached hydrogens (tertiary/aromatic N) is 2. The standard InChI is InChI=1S/C14H16BrN3/c1-18-14(10-6-3-2-4-7-10)12(15)13(17-18)11-8-5-9-16-11/h2-4,6-7,11,16H,5,8-9H2,1H3. The third-order valence-corrected chi connectivity index (χ3v) is 4.23. The average Bonchev–Trinajstić information content (AvgIpc) is 2.99. The smallest absolute Gasteiger partial charge is 0.0942 e. The molecule has 94 valence electrons. The van der Waals surface area contributed by atoms with E-state index in [1.54, 1.807) is 0 Å². The highest BCUT2D eigenvalue weighted by atomic mass is 79.9. The van der Waals surface area contributed by atoms with Gasteiger partial charge in [-0.1, -0.05) is 30.3 Å². The molecule has 0 saturated carbocycles. The van der Waals surface area contributed by atoms with E-state index in [1.165, 1.54) is 18.4 Å². The summed E-state index contributed by atoms with van der Waals surface area (Å²) in [6.07, 6.45) is 2.40. The molecule has 1 aliphatic rings. The first-order valence-corrected chi connectivity index (χ1v) is 7.08. The number of hydrogen-bond acceptors (Lipinski definition) is 2. The largest absolute Gasteiger partial charge is 0.309 e. The summed E-state index contributed by atoms with van der Waals surface area (Å²) in [5.74, 6) is 0. The summed E-state index contributed by atoms with van der Waals surface area (Å²) in [6, 6.07) is 10.8. The molecule has 4 heteroatoms. The highest BCUT2D eigenvalue weighted by Crippen LogP contribution is 2.35. The van der Waals surface area contributed by atoms with Crippen molar-refractivity contribution in [2.24, 2.45) is 7.05 Å². The SMILES string of the molecule is Cn1nc(C2CCCN2)c(Br)c1-c1ccccc1. The van der Waals surface area contributed by atoms with E-state index in [0.29, 0.717) is 6.04 Å². The summed E-state index contributed by atoms with van der Waals surface area (Å²) in [5, 5.41) is 8.18. The van der Waals surface area contributed by atoms with Crippen molar-refractivity contribution in [3.63, 3.8) is 0 Å². The van der Waals surface area contributed by atoms with Crippen LogP contribution in [0.4, 0.5) is 0 Å². The fourth-order valence-electron chi connectivity index (χ4n) is 2.57. The van der Waals surface area contributed by atoms with Crippen LogP contribution in [0.3, 0.4) is 0 Å². The van der Waals surface area contributed by atoms with E-state index in [2.05, 4.69) is 50.6 Å². The number of benzene rings is 1. The lowest BCUT2D eigenvalue weighted by atomic mass is 10.1. The van der Waals surface area contributed by atoms with E-state index in [0.717, 1.165) is 22.4 Å². The molecule has 1 aromatic carbocycles. The van der Waals surface area contributed by atoms with Crippen LogP contribution in [0, 0.1) is 0 Å². The Kier molecular flexibility index (Phi) is 3.22. The lowest BCUT2D eigenvalue weighted by molar-refractivity contribution is 0.606. The molecular weight excluding hydrogens is 290 g/mol. The van der Waals surface area contributed by atoms with Gasteiger partial charge in [0.25, 0.3) is 0 Å². The number of halogens is 1. The number of hydrogen-bond donors (Lipinski definition) is 1. The van der Waals surface area contributed by atoms with Crippen molar-refractivity contribution >= 4 is 15.9 Å². The summed E-state index contributed by atoms with van der Waals surface area (Å²) in [5.41, 5.74) is 3.48. The third kappa shape index (κ3) is 1.99. The van der Waals surface area contributed by atoms with E-state index in [9.17, 15) is 0 Å². The zero-order chi connectivity index (χ0) is 12.5. The van der Waals surface area contributed by atoms with Crippen LogP contribution in [0.2, 0.25) is 0 Å². The second-order valence-electron chi connectivity index (χ2n) is 4.69. The van der Waals surface area contributed by atoms with Crippen molar-refractivity contribution in [3.05, 3.63) is 40.5 Å². The van der Waals surface area contributed by atoms with Gasteiger partial charge >= 0.3 is 0 Å². The number of nitrogens with one attached hydrogen (secondary N) is 1. The molecule has 0 bridgehead atoms. The van der Waals surface area contributed by atoms with Gasteiger partial charge in [0.05, 0.1) is 21.9 Å². The number of aromatic nitrogens is 2. The van der Waals surface area contributed by atoms with Crippen LogP contribution < -0.4 is 5.32 Å². The van der Waals surface area contributed by atoms with Crippen LogP contribution in [0.1, 0.15) is 24.6 Å². The quantitative estimate of drug-likeness (QED) is 0.923. The topological polar surface area (TPSA) is 29.9 Å². The molecule has 0 aliphatic carbocycles. The minimum atomic E-state index is 0.392. The molecule has 3 rings (SSSR count). The normalized spacial score (nSPS) is 19.3. The Labute approximate surface area is 115 Å². The molecule has 1 saturated heterocycles. The summed E-state index contributed by atoms with van der Waals surface area (Å²) >= 11 is 3.73. The van der Waals surface area contributed by atoms with Gasteiger partial charge in [0, 0.05) is 12.6 Å². The van der Waals surface area contributed by atoms with Crippen molar-refractivity contribution in [3.8, 4) is 11.3 Å². The fraction of sp³-hybridized carbons (Fsp3) is 0.357. The number of rotatable bonds is 2. The van der Waals surface area contributed by atoms with Crippen molar-refractivity contribution in [2.45, 2.75) is 18.9 Å². The van der Waals surface area contributed by atoms with Crippen LogP contribution >= 0.6 is 15.9 Å². The van der Waals surface area contributed by atoms with Crippen molar-refractivity contribution < 1.29 is 0 Å². The van der Waals surface area contributed by atoms with Gasteiger partial charge in [-0.05, 0) is 35.3 Å². The molecule has 1 fully saturated rings. The van der Waals surface area contributed by atoms with Crippen LogP contribution in [0.15, 0.2) is 34.8 Å². The summed E-state index contributed by atoms with van der Waals surface area (Å²) in [6.45, 7) is 1.09. The average molecular weight is 306 g/mol. The molecule has 18 heavy (non-hydrogen) atoms. The van der Waals surface area contributed by atoms with Crippen molar-refractivity contribution in [1.29, 1.82) is 0 Å². The van der Waals surface area contributed by atoms with Gasteiger partial charge in [-0.25, -0.2) is 0 Å². The fourth-order valence-corrected chi connectivity index (χ4v) is 3.41. The molecule has 1 aromatic heterocycles. The Bertz CT molecular complexity index is 542. The predicted octanol–water partition coefficient (Wildman–Crippen LogP) is 3.27. The maximum atomic E-state index is 4.68. The summed E-state index contributed by atoms with van der Waals surface area (Å²) < 4.78 is 3.09. The van der Waals surface area contributed by atoms with Gasteiger partial charge in [0.2, 0.25) is 0 Å². The van der Waals surface area contributed by atoms with Crippen LogP contribution in [0.25, 0.3) is 11.3 Å². The molecule has 0 spiro atoms. The van der Waals surface area contributed by atoms with Gasteiger partial charge in [0.1, 0.15) is 0 Å². The van der Waals surface area contributed by atoms with Crippen molar-refractivity contribution in [2.75, 3.05) is 6.54 Å². The molecule has 2 aromatic rings. The van der Waals surface area contributed by atoms with Gasteiger partial charge in [-0.2, -0.15) is 5.10 Å². The van der Waals surface area contributed by atoms with E-state index in [-0.39, 0.29) is 0 Å². The van der Waals surface area contributed by atoms with Gasteiger partial charge in [-0.3, -0.25) is 4.68 Å². The third-order valence-electron chi connectivity index (χ3n) is 3.45. The summed E-state index contributed by atoms with van der Waals surface area (Å²) in [7, 11) is 2.01. The van der Waals surface area contributed by atoms with Crippen LogP contribution in [-0.2, 0) is 7.05 Å². The molecule has 1 atom stereocenters. The molecule has 2 heterocycles. The first-order valence-electron chi connectivity index (χ1n) is 6.28. The Hall–Kier alpha value is -1.13. The monoisotopic (exact) mass is 305 g/mol. The Balaban J connectivity index is 2.06. The predicted molar refractivity (Wildman–Crippen MR) is 76.3 cm³/mol. The molecule has 1 N–H and O–H groups in total. The Morgan fingerprint density at radius 2 is 2.11 bits per heavy atom. The van der Waals surface area contributed by atoms with E-state index < -0.39 is 0 Å². The van der Waals surface area contributed by atoms with E-state index in [4.69, 9.17) is 0 Å². The Morgan fingerprint density at radius 3 is 2.78 bits per heavy atom. The molecular formula is C14H16BrN3. The second kappa shape index (κ2) is 4.86. The zero-order valence-corrected chi connectivity index (χ0v) is 11.9. The lowest BCUT2D eigenvalue weighted by Gasteiger charge is -2.06. The lowest BCUT2D eigenvalue weighted by Crippen LogP contribution is -2.14. The Morgan fingerprint density at radius 1 is 1.33 bits per heavy atom. The minimum Gasteiger partial charge on any atom is -0.309 e. The van der Waals surface area contributed by atoms with Crippen LogP contribution in [0.5, 0.6) is 0 Å². The molecule has 3 nitrogen and oxygen atoms in total. The molecule has 0 amide bonds. The summed E-state index contributed by atoms with van der Waals surface area (Å²) in [4.78, 5) is 0. The first-order chi connectivity index (χ1) is 8.77. The van der Waals surface area contributed by atoms with Gasteiger partial charge in [0.15, 0.2) is 0 Å². The van der Waals surface area contributed by atoms with Gasteiger partial charge < -0.3 is 5.32 Å². The van der Waals surface area contributed by atoms with Crippen molar-refractivity contribution in [1.82, 2.24) is 15.1 Å². The number of aryl methyl sites for hydroxylation is 1. The highest BCUT2D eigenvalue weighted by Gasteiger charge is 2.24. The van der Waals surface area contributed by atoms with Crippen LogP contribution in [-0.4, -0.2) is 16.3 Å². The minimum absolute atomic E-state index is 0.392. The molecule has 0 radical (unpaired) electrons. The molecule has 1 unspecified atom stereocenters. The van der Waals surface area contributed by atoms with E-state index in [1.807, 2.05) is 17.8 Å². The zero-order valence-electron chi connectivity index (χ0n) is 10.4.